The highest BCUT2D eigenvalue weighted by Crippen LogP contribution is 2.24. The number of nitrogens with one attached hydrogen (secondary N) is 1. The Bertz CT molecular complexity index is 879. The van der Waals surface area contributed by atoms with E-state index in [1.807, 2.05) is 66.7 Å². The lowest BCUT2D eigenvalue weighted by atomic mass is 10.1. The number of fused-ring (bicyclic) bond motifs is 1. The van der Waals surface area contributed by atoms with E-state index in [0.717, 1.165) is 20.8 Å². The van der Waals surface area contributed by atoms with Crippen LogP contribution in [-0.2, 0) is 4.79 Å². The highest BCUT2D eigenvalue weighted by atomic mass is 79.9. The van der Waals surface area contributed by atoms with Crippen molar-refractivity contribution in [3.8, 4) is 5.75 Å². The predicted octanol–water partition coefficient (Wildman–Crippen LogP) is 4.13. The zero-order valence-corrected chi connectivity index (χ0v) is 14.4. The lowest BCUT2D eigenvalue weighted by molar-refractivity contribution is -0.123. The molecule has 0 unspecified atom stereocenters. The number of carbonyl (C=O) groups excluding carboxylic acids is 1. The van der Waals surface area contributed by atoms with Crippen molar-refractivity contribution in [2.45, 2.75) is 0 Å². The van der Waals surface area contributed by atoms with E-state index >= 15 is 0 Å². The smallest absolute Gasteiger partial charge is 0.277 e. The van der Waals surface area contributed by atoms with Crippen molar-refractivity contribution in [2.24, 2.45) is 5.10 Å². The van der Waals surface area contributed by atoms with Gasteiger partial charge in [-0.1, -0.05) is 58.4 Å². The molecule has 0 bridgehead atoms. The quantitative estimate of drug-likeness (QED) is 0.532. The molecule has 0 aliphatic rings. The third kappa shape index (κ3) is 4.43. The molecule has 3 rings (SSSR count). The lowest BCUT2D eigenvalue weighted by Gasteiger charge is -2.06. The standard InChI is InChI=1S/C19H15BrN2O2/c20-17-8-6-16-11-18(9-7-15(16)10-17)24-13-19(23)22-21-12-14-4-2-1-3-5-14/h1-12H,13H2,(H,22,23). The first-order valence-corrected chi connectivity index (χ1v) is 8.19. The van der Waals surface area contributed by atoms with Crippen LogP contribution < -0.4 is 10.2 Å². The number of hydrazone groups is 1. The minimum atomic E-state index is -0.307. The Morgan fingerprint density at radius 1 is 1.04 bits per heavy atom. The summed E-state index contributed by atoms with van der Waals surface area (Å²) in [6, 6.07) is 21.2. The molecular weight excluding hydrogens is 368 g/mol. The monoisotopic (exact) mass is 382 g/mol. The third-order valence-electron chi connectivity index (χ3n) is 3.35. The van der Waals surface area contributed by atoms with Gasteiger partial charge in [-0.3, -0.25) is 4.79 Å². The summed E-state index contributed by atoms with van der Waals surface area (Å²) >= 11 is 3.44. The fourth-order valence-electron chi connectivity index (χ4n) is 2.18. The average molecular weight is 383 g/mol. The zero-order valence-electron chi connectivity index (χ0n) is 12.8. The zero-order chi connectivity index (χ0) is 16.8. The maximum atomic E-state index is 11.8. The number of ether oxygens (including phenoxy) is 1. The second-order valence-corrected chi connectivity index (χ2v) is 6.06. The SMILES string of the molecule is O=C(COc1ccc2cc(Br)ccc2c1)NN=Cc1ccccc1. The Balaban J connectivity index is 1.54. The van der Waals surface area contributed by atoms with Crippen LogP contribution in [0.3, 0.4) is 0 Å². The summed E-state index contributed by atoms with van der Waals surface area (Å²) in [5, 5.41) is 6.06. The molecule has 0 atom stereocenters. The van der Waals surface area contributed by atoms with Crippen LogP contribution in [0, 0.1) is 0 Å². The lowest BCUT2D eigenvalue weighted by Crippen LogP contribution is -2.24. The highest BCUT2D eigenvalue weighted by molar-refractivity contribution is 9.10. The Labute approximate surface area is 148 Å². The van der Waals surface area contributed by atoms with Gasteiger partial charge in [-0.25, -0.2) is 5.43 Å². The normalized spacial score (nSPS) is 10.9. The van der Waals surface area contributed by atoms with Gasteiger partial charge in [0, 0.05) is 4.47 Å². The molecule has 120 valence electrons. The molecule has 5 heteroatoms. The van der Waals surface area contributed by atoms with Gasteiger partial charge in [0.2, 0.25) is 0 Å². The van der Waals surface area contributed by atoms with Crippen LogP contribution in [0.25, 0.3) is 10.8 Å². The molecule has 24 heavy (non-hydrogen) atoms. The van der Waals surface area contributed by atoms with Gasteiger partial charge in [0.25, 0.3) is 5.91 Å². The fraction of sp³-hybridized carbons (Fsp3) is 0.0526. The Morgan fingerprint density at radius 2 is 1.79 bits per heavy atom. The first-order valence-electron chi connectivity index (χ1n) is 7.40. The molecule has 0 radical (unpaired) electrons. The molecule has 0 fully saturated rings. The van der Waals surface area contributed by atoms with Crippen molar-refractivity contribution < 1.29 is 9.53 Å². The number of rotatable bonds is 5. The summed E-state index contributed by atoms with van der Waals surface area (Å²) in [5.74, 6) is 0.338. The molecule has 1 N–H and O–H groups in total. The first kappa shape index (κ1) is 16.2. The number of amides is 1. The second-order valence-electron chi connectivity index (χ2n) is 5.15. The summed E-state index contributed by atoms with van der Waals surface area (Å²) in [6.45, 7) is -0.0891. The summed E-state index contributed by atoms with van der Waals surface area (Å²) < 4.78 is 6.54. The van der Waals surface area contributed by atoms with Crippen LogP contribution in [0.4, 0.5) is 0 Å². The van der Waals surface area contributed by atoms with Crippen molar-refractivity contribution in [3.05, 3.63) is 76.8 Å². The topological polar surface area (TPSA) is 50.7 Å². The maximum absolute atomic E-state index is 11.8. The Morgan fingerprint density at radius 3 is 2.62 bits per heavy atom. The minimum absolute atomic E-state index is 0.0891. The van der Waals surface area contributed by atoms with E-state index in [1.165, 1.54) is 0 Å². The molecule has 0 heterocycles. The number of nitrogens with zero attached hydrogens (tertiary/aromatic N) is 1. The van der Waals surface area contributed by atoms with E-state index in [0.29, 0.717) is 5.75 Å². The van der Waals surface area contributed by atoms with Crippen LogP contribution in [0.1, 0.15) is 5.56 Å². The van der Waals surface area contributed by atoms with Crippen LogP contribution in [0.5, 0.6) is 5.75 Å². The second kappa shape index (κ2) is 7.75. The Kier molecular flexibility index (Phi) is 5.23. The third-order valence-corrected chi connectivity index (χ3v) is 3.84. The number of hydrogen-bond acceptors (Lipinski definition) is 3. The van der Waals surface area contributed by atoms with E-state index in [1.54, 1.807) is 6.21 Å². The molecule has 1 amide bonds. The van der Waals surface area contributed by atoms with Crippen molar-refractivity contribution in [2.75, 3.05) is 6.61 Å². The largest absolute Gasteiger partial charge is 0.484 e. The molecule has 0 aliphatic carbocycles. The number of hydrogen-bond donors (Lipinski definition) is 1. The van der Waals surface area contributed by atoms with Crippen LogP contribution in [0.15, 0.2) is 76.3 Å². The molecule has 3 aromatic carbocycles. The molecule has 3 aromatic rings. The number of benzene rings is 3. The van der Waals surface area contributed by atoms with Gasteiger partial charge in [-0.05, 0) is 40.6 Å². The van der Waals surface area contributed by atoms with Gasteiger partial charge in [-0.2, -0.15) is 5.10 Å². The van der Waals surface area contributed by atoms with Crippen LogP contribution >= 0.6 is 15.9 Å². The number of halogens is 1. The van der Waals surface area contributed by atoms with Gasteiger partial charge in [0.1, 0.15) is 5.75 Å². The molecule has 0 aromatic heterocycles. The first-order chi connectivity index (χ1) is 11.7. The van der Waals surface area contributed by atoms with Crippen molar-refractivity contribution in [1.29, 1.82) is 0 Å². The summed E-state index contributed by atoms with van der Waals surface area (Å²) in [6.07, 6.45) is 1.59. The molecule has 0 aliphatic heterocycles. The molecule has 4 nitrogen and oxygen atoms in total. The highest BCUT2D eigenvalue weighted by Gasteiger charge is 2.03. The Hall–Kier alpha value is -2.66. The van der Waals surface area contributed by atoms with E-state index in [4.69, 9.17) is 4.74 Å². The maximum Gasteiger partial charge on any atom is 0.277 e. The van der Waals surface area contributed by atoms with Gasteiger partial charge in [0.05, 0.1) is 6.21 Å². The number of carbonyl (C=O) groups is 1. The van der Waals surface area contributed by atoms with Crippen molar-refractivity contribution in [1.82, 2.24) is 5.43 Å². The fourth-order valence-corrected chi connectivity index (χ4v) is 2.56. The van der Waals surface area contributed by atoms with E-state index in [9.17, 15) is 4.79 Å². The minimum Gasteiger partial charge on any atom is -0.484 e. The van der Waals surface area contributed by atoms with E-state index in [2.05, 4.69) is 26.5 Å². The average Bonchev–Trinajstić information content (AvgIpc) is 2.61. The van der Waals surface area contributed by atoms with Gasteiger partial charge in [0.15, 0.2) is 6.61 Å². The van der Waals surface area contributed by atoms with Gasteiger partial charge >= 0.3 is 0 Å². The van der Waals surface area contributed by atoms with Crippen molar-refractivity contribution >= 4 is 38.8 Å². The molecule has 0 saturated carbocycles. The summed E-state index contributed by atoms with van der Waals surface area (Å²) in [7, 11) is 0. The molecule has 0 spiro atoms. The summed E-state index contributed by atoms with van der Waals surface area (Å²) in [4.78, 5) is 11.8. The van der Waals surface area contributed by atoms with Gasteiger partial charge < -0.3 is 4.74 Å². The van der Waals surface area contributed by atoms with Crippen molar-refractivity contribution in [3.63, 3.8) is 0 Å². The molecular formula is C19H15BrN2O2. The summed E-state index contributed by atoms with van der Waals surface area (Å²) in [5.41, 5.74) is 3.36. The van der Waals surface area contributed by atoms with E-state index in [-0.39, 0.29) is 12.5 Å². The van der Waals surface area contributed by atoms with Gasteiger partial charge in [-0.15, -0.1) is 0 Å². The van der Waals surface area contributed by atoms with Crippen LogP contribution in [-0.4, -0.2) is 18.7 Å². The van der Waals surface area contributed by atoms with E-state index < -0.39 is 0 Å². The van der Waals surface area contributed by atoms with Crippen LogP contribution in [0.2, 0.25) is 0 Å². The predicted molar refractivity (Wildman–Crippen MR) is 99.3 cm³/mol. The molecule has 0 saturated heterocycles.